The molecule has 0 aliphatic heterocycles. The van der Waals surface area contributed by atoms with Crippen LogP contribution < -0.4 is 11.1 Å². The molecule has 0 bridgehead atoms. The highest BCUT2D eigenvalue weighted by Crippen LogP contribution is 2.02. The topological polar surface area (TPSA) is 92.3 Å². The Labute approximate surface area is 145 Å². The predicted octanol–water partition coefficient (Wildman–Crippen LogP) is 1.32. The lowest BCUT2D eigenvalue weighted by Crippen LogP contribution is -2.47. The number of ether oxygens (including phenoxy) is 1. The summed E-state index contributed by atoms with van der Waals surface area (Å²) in [6.45, 7) is 13.4. The molecule has 0 unspecified atom stereocenters. The molecule has 0 saturated carbocycles. The number of allylic oxidation sites excluding steroid dienone is 3. The van der Waals surface area contributed by atoms with Crippen LogP contribution >= 0.6 is 0 Å². The van der Waals surface area contributed by atoms with E-state index in [1.165, 1.54) is 0 Å². The number of aliphatic imine (C=N–C) groups is 2. The average molecular weight is 337 g/mol. The average Bonchev–Trinajstić information content (AvgIpc) is 2.53. The van der Waals surface area contributed by atoms with Crippen molar-refractivity contribution in [2.75, 3.05) is 33.4 Å². The van der Waals surface area contributed by atoms with Crippen LogP contribution in [0.2, 0.25) is 0 Å². The van der Waals surface area contributed by atoms with Gasteiger partial charge in [-0.25, -0.2) is 4.99 Å². The zero-order valence-electron chi connectivity index (χ0n) is 15.5. The highest BCUT2D eigenvalue weighted by atomic mass is 16.5. The quantitative estimate of drug-likeness (QED) is 0.272. The summed E-state index contributed by atoms with van der Waals surface area (Å²) >= 11 is 0. The van der Waals surface area contributed by atoms with Gasteiger partial charge in [-0.05, 0) is 33.8 Å². The van der Waals surface area contributed by atoms with Crippen molar-refractivity contribution in [3.8, 4) is 0 Å². The van der Waals surface area contributed by atoms with Gasteiger partial charge in [-0.2, -0.15) is 0 Å². The van der Waals surface area contributed by atoms with Gasteiger partial charge in [0.1, 0.15) is 11.7 Å². The van der Waals surface area contributed by atoms with Crippen molar-refractivity contribution in [2.45, 2.75) is 33.7 Å². The van der Waals surface area contributed by atoms with E-state index in [0.717, 1.165) is 17.4 Å². The van der Waals surface area contributed by atoms with Crippen LogP contribution in [0.15, 0.2) is 34.4 Å². The van der Waals surface area contributed by atoms with E-state index in [9.17, 15) is 4.79 Å². The number of amidine groups is 2. The van der Waals surface area contributed by atoms with E-state index in [2.05, 4.69) is 21.9 Å². The summed E-state index contributed by atoms with van der Waals surface area (Å²) in [4.78, 5) is 22.0. The molecule has 0 aromatic rings. The van der Waals surface area contributed by atoms with Gasteiger partial charge in [0.25, 0.3) is 0 Å². The highest BCUT2D eigenvalue weighted by Gasteiger charge is 2.16. The van der Waals surface area contributed by atoms with Crippen LogP contribution in [0.25, 0.3) is 0 Å². The molecule has 0 radical (unpaired) electrons. The van der Waals surface area contributed by atoms with Crippen LogP contribution in [-0.2, 0) is 9.53 Å². The Morgan fingerprint density at radius 3 is 2.62 bits per heavy atom. The first-order valence-corrected chi connectivity index (χ1v) is 8.05. The Kier molecular flexibility index (Phi) is 11.4. The van der Waals surface area contributed by atoms with Gasteiger partial charge in [-0.15, -0.1) is 0 Å². The largest absolute Gasteiger partial charge is 0.380 e. The molecule has 136 valence electrons. The Morgan fingerprint density at radius 1 is 1.46 bits per heavy atom. The maximum absolute atomic E-state index is 11.2. The van der Waals surface area contributed by atoms with E-state index >= 15 is 0 Å². The van der Waals surface area contributed by atoms with Crippen LogP contribution in [0, 0.1) is 0 Å². The van der Waals surface area contributed by atoms with Crippen molar-refractivity contribution in [3.05, 3.63) is 24.4 Å². The molecule has 7 heteroatoms. The number of primary amides is 1. The fourth-order valence-corrected chi connectivity index (χ4v) is 1.94. The van der Waals surface area contributed by atoms with E-state index in [-0.39, 0.29) is 0 Å². The molecule has 1 atom stereocenters. The maximum Gasteiger partial charge on any atom is 0.234 e. The first-order valence-electron chi connectivity index (χ1n) is 8.05. The summed E-state index contributed by atoms with van der Waals surface area (Å²) < 4.78 is 5.45. The molecular weight excluding hydrogens is 306 g/mol. The minimum Gasteiger partial charge on any atom is -0.380 e. The Hall–Kier alpha value is -1.99. The summed E-state index contributed by atoms with van der Waals surface area (Å²) in [5, 5.41) is 3.06. The fourth-order valence-electron chi connectivity index (χ4n) is 1.94. The van der Waals surface area contributed by atoms with E-state index in [4.69, 9.17) is 10.5 Å². The smallest absolute Gasteiger partial charge is 0.234 e. The van der Waals surface area contributed by atoms with Crippen molar-refractivity contribution in [1.82, 2.24) is 10.2 Å². The number of nitrogens with two attached hydrogens (primary N) is 1. The standard InChI is InChI=1S/C17H31N5O2/c1-7-9-13(3)21-15(5)22(10-11-24-8-2)16(19-6)12-20-14(4)17(18)23/h7,9,14,20H,1,8,10-12H2,2-6H3,(H2,18,23)/b13-9-,19-16?,21-15?/t14-/m0/s1. The van der Waals surface area contributed by atoms with E-state index in [1.54, 1.807) is 20.0 Å². The van der Waals surface area contributed by atoms with Crippen LogP contribution in [0.3, 0.4) is 0 Å². The number of hydrogen-bond donors (Lipinski definition) is 2. The first-order chi connectivity index (χ1) is 11.4. The van der Waals surface area contributed by atoms with Crippen LogP contribution in [-0.4, -0.2) is 61.9 Å². The minimum atomic E-state index is -0.435. The summed E-state index contributed by atoms with van der Waals surface area (Å²) in [6.07, 6.45) is 3.53. The molecule has 0 aromatic carbocycles. The lowest BCUT2D eigenvalue weighted by molar-refractivity contribution is -0.119. The Balaban J connectivity index is 5.23. The van der Waals surface area contributed by atoms with Gasteiger partial charge >= 0.3 is 0 Å². The van der Waals surface area contributed by atoms with Gasteiger partial charge in [0.15, 0.2) is 0 Å². The number of amides is 1. The molecule has 0 heterocycles. The third-order valence-corrected chi connectivity index (χ3v) is 3.31. The molecule has 0 aliphatic carbocycles. The fraction of sp³-hybridized carbons (Fsp3) is 0.588. The van der Waals surface area contributed by atoms with E-state index in [1.807, 2.05) is 31.7 Å². The second-order valence-corrected chi connectivity index (χ2v) is 5.20. The van der Waals surface area contributed by atoms with Crippen LogP contribution in [0.4, 0.5) is 0 Å². The molecule has 0 rings (SSSR count). The number of rotatable bonds is 10. The van der Waals surface area contributed by atoms with Crippen LogP contribution in [0.5, 0.6) is 0 Å². The minimum absolute atomic E-state index is 0.401. The zero-order chi connectivity index (χ0) is 18.5. The van der Waals surface area contributed by atoms with Crippen molar-refractivity contribution in [3.63, 3.8) is 0 Å². The summed E-state index contributed by atoms with van der Waals surface area (Å²) in [7, 11) is 1.71. The first kappa shape index (κ1) is 22.0. The summed E-state index contributed by atoms with van der Waals surface area (Å²) in [6, 6.07) is -0.435. The normalized spacial score (nSPS) is 14.5. The number of hydrogen-bond acceptors (Lipinski definition) is 5. The second kappa shape index (κ2) is 12.4. The number of nitrogens with zero attached hydrogens (tertiary/aromatic N) is 3. The van der Waals surface area contributed by atoms with Crippen molar-refractivity contribution in [1.29, 1.82) is 0 Å². The summed E-state index contributed by atoms with van der Waals surface area (Å²) in [5.41, 5.74) is 6.13. The molecule has 0 aliphatic rings. The van der Waals surface area contributed by atoms with Gasteiger partial charge in [0, 0.05) is 25.9 Å². The predicted molar refractivity (Wildman–Crippen MR) is 100 cm³/mol. The molecule has 1 amide bonds. The lowest BCUT2D eigenvalue weighted by atomic mass is 10.3. The third kappa shape index (κ3) is 8.59. The maximum atomic E-state index is 11.2. The van der Waals surface area contributed by atoms with Gasteiger partial charge in [0.05, 0.1) is 19.2 Å². The molecule has 24 heavy (non-hydrogen) atoms. The highest BCUT2D eigenvalue weighted by molar-refractivity contribution is 6.01. The molecule has 7 nitrogen and oxygen atoms in total. The molecule has 0 aromatic heterocycles. The molecular formula is C17H31N5O2. The number of carbonyl (C=O) groups is 1. The third-order valence-electron chi connectivity index (χ3n) is 3.31. The van der Waals surface area contributed by atoms with Crippen molar-refractivity contribution < 1.29 is 9.53 Å². The van der Waals surface area contributed by atoms with Gasteiger partial charge in [-0.1, -0.05) is 12.7 Å². The number of nitrogens with one attached hydrogen (secondary N) is 1. The molecule has 0 saturated heterocycles. The molecule has 3 N–H and O–H groups in total. The van der Waals surface area contributed by atoms with E-state index < -0.39 is 11.9 Å². The Morgan fingerprint density at radius 2 is 2.12 bits per heavy atom. The molecule has 0 spiro atoms. The molecule has 0 fully saturated rings. The SMILES string of the molecule is C=C/C=C(/C)N=C(C)N(CCOCC)C(CN[C@@H](C)C(N)=O)=NC. The monoisotopic (exact) mass is 337 g/mol. The summed E-state index contributed by atoms with van der Waals surface area (Å²) in [5.74, 6) is 1.15. The zero-order valence-corrected chi connectivity index (χ0v) is 15.5. The van der Waals surface area contributed by atoms with Gasteiger partial charge in [0.2, 0.25) is 5.91 Å². The van der Waals surface area contributed by atoms with Gasteiger partial charge < -0.3 is 15.4 Å². The van der Waals surface area contributed by atoms with Gasteiger partial charge in [-0.3, -0.25) is 15.1 Å². The number of carbonyl (C=O) groups excluding carboxylic acids is 1. The van der Waals surface area contributed by atoms with Crippen molar-refractivity contribution in [2.24, 2.45) is 15.7 Å². The second-order valence-electron chi connectivity index (χ2n) is 5.20. The van der Waals surface area contributed by atoms with E-state index in [0.29, 0.717) is 26.3 Å². The lowest BCUT2D eigenvalue weighted by Gasteiger charge is -2.26. The van der Waals surface area contributed by atoms with Crippen molar-refractivity contribution >= 4 is 17.6 Å². The van der Waals surface area contributed by atoms with Crippen LogP contribution in [0.1, 0.15) is 27.7 Å². The Bertz CT molecular complexity index is 497.